The van der Waals surface area contributed by atoms with E-state index in [1.165, 1.54) is 113 Å². The first kappa shape index (κ1) is 32.7. The zero-order chi connectivity index (χ0) is 35.8. The molecule has 1 heterocycles. The van der Waals surface area contributed by atoms with Gasteiger partial charge in [0.15, 0.2) is 0 Å². The van der Waals surface area contributed by atoms with Crippen molar-refractivity contribution in [3.63, 3.8) is 0 Å². The van der Waals surface area contributed by atoms with E-state index in [0.717, 1.165) is 5.69 Å². The zero-order valence-corrected chi connectivity index (χ0v) is 31.1. The molecule has 0 spiro atoms. The van der Waals surface area contributed by atoms with E-state index in [0.29, 0.717) is 5.92 Å². The van der Waals surface area contributed by atoms with E-state index in [1.807, 2.05) is 11.3 Å². The predicted molar refractivity (Wildman–Crippen MR) is 234 cm³/mol. The van der Waals surface area contributed by atoms with Gasteiger partial charge in [0.25, 0.3) is 0 Å². The molecule has 9 aromatic rings. The lowest BCUT2D eigenvalue weighted by atomic mass is 9.80. The van der Waals surface area contributed by atoms with Gasteiger partial charge in [0, 0.05) is 31.4 Å². The van der Waals surface area contributed by atoms with Gasteiger partial charge in [0.1, 0.15) is 0 Å². The third-order valence-electron chi connectivity index (χ3n) is 11.5. The molecule has 8 aromatic carbocycles. The molecule has 0 N–H and O–H groups in total. The van der Waals surface area contributed by atoms with Gasteiger partial charge in [0.2, 0.25) is 0 Å². The summed E-state index contributed by atoms with van der Waals surface area (Å²) in [5.41, 5.74) is 12.5. The zero-order valence-electron chi connectivity index (χ0n) is 30.3. The molecule has 1 aromatic heterocycles. The van der Waals surface area contributed by atoms with E-state index in [2.05, 4.69) is 187 Å². The number of nitrogens with zero attached hydrogens (tertiary/aromatic N) is 1. The van der Waals surface area contributed by atoms with Gasteiger partial charge in [-0.25, -0.2) is 0 Å². The fourth-order valence-electron chi connectivity index (χ4n) is 8.88. The van der Waals surface area contributed by atoms with Crippen LogP contribution in [0, 0.1) is 0 Å². The van der Waals surface area contributed by atoms with Gasteiger partial charge in [0.05, 0.1) is 11.4 Å². The minimum Gasteiger partial charge on any atom is -0.309 e. The number of benzene rings is 8. The van der Waals surface area contributed by atoms with Gasteiger partial charge < -0.3 is 4.90 Å². The SMILES string of the molecule is c1ccc(-c2ccc(-c3ccc(N(c4ccccc4-c4cccc5cccc(C6CCCCC6)c45)c4cccc5sc6ccccc6c45)cc3)cc2)cc1. The Morgan fingerprint density at radius 3 is 1.76 bits per heavy atom. The summed E-state index contributed by atoms with van der Waals surface area (Å²) in [5.74, 6) is 0.604. The van der Waals surface area contributed by atoms with Crippen molar-refractivity contribution in [2.45, 2.75) is 38.0 Å². The summed E-state index contributed by atoms with van der Waals surface area (Å²) in [7, 11) is 0. The Labute approximate surface area is 321 Å². The average Bonchev–Trinajstić information content (AvgIpc) is 3.64. The molecule has 1 aliphatic carbocycles. The molecule has 1 saturated carbocycles. The summed E-state index contributed by atoms with van der Waals surface area (Å²) in [6.07, 6.45) is 6.54. The third-order valence-corrected chi connectivity index (χ3v) is 12.6. The summed E-state index contributed by atoms with van der Waals surface area (Å²) in [5, 5.41) is 5.34. The fourth-order valence-corrected chi connectivity index (χ4v) is 10.0. The number of hydrogen-bond donors (Lipinski definition) is 0. The van der Waals surface area contributed by atoms with Gasteiger partial charge in [-0.15, -0.1) is 11.3 Å². The summed E-state index contributed by atoms with van der Waals surface area (Å²) >= 11 is 1.88. The quantitative estimate of drug-likeness (QED) is 0.159. The van der Waals surface area contributed by atoms with Crippen LogP contribution in [0.5, 0.6) is 0 Å². The molecule has 0 bridgehead atoms. The monoisotopic (exact) mass is 711 g/mol. The van der Waals surface area contributed by atoms with Gasteiger partial charge >= 0.3 is 0 Å². The molecule has 260 valence electrons. The van der Waals surface area contributed by atoms with E-state index >= 15 is 0 Å². The summed E-state index contributed by atoms with van der Waals surface area (Å²) < 4.78 is 2.62. The lowest BCUT2D eigenvalue weighted by Crippen LogP contribution is -2.12. The molecule has 0 amide bonds. The largest absolute Gasteiger partial charge is 0.309 e. The Morgan fingerprint density at radius 2 is 0.981 bits per heavy atom. The smallest absolute Gasteiger partial charge is 0.0555 e. The minimum absolute atomic E-state index is 0.604. The van der Waals surface area contributed by atoms with Crippen LogP contribution in [0.25, 0.3) is 64.3 Å². The van der Waals surface area contributed by atoms with Crippen molar-refractivity contribution in [1.29, 1.82) is 0 Å². The Balaban J connectivity index is 1.15. The lowest BCUT2D eigenvalue weighted by Gasteiger charge is -2.30. The van der Waals surface area contributed by atoms with Gasteiger partial charge in [-0.2, -0.15) is 0 Å². The lowest BCUT2D eigenvalue weighted by molar-refractivity contribution is 0.445. The number of hydrogen-bond acceptors (Lipinski definition) is 2. The van der Waals surface area contributed by atoms with Gasteiger partial charge in [-0.3, -0.25) is 0 Å². The van der Waals surface area contributed by atoms with Crippen LogP contribution < -0.4 is 4.90 Å². The Bertz CT molecular complexity index is 2730. The number of thiophene rings is 1. The fraction of sp³-hybridized carbons (Fsp3) is 0.115. The van der Waals surface area contributed by atoms with Crippen LogP contribution in [-0.2, 0) is 0 Å². The molecule has 1 aliphatic rings. The number of fused-ring (bicyclic) bond motifs is 4. The van der Waals surface area contributed by atoms with Crippen molar-refractivity contribution < 1.29 is 0 Å². The maximum atomic E-state index is 2.52. The Hall–Kier alpha value is -5.96. The van der Waals surface area contributed by atoms with Crippen LogP contribution in [0.3, 0.4) is 0 Å². The van der Waals surface area contributed by atoms with Crippen LogP contribution in [0.4, 0.5) is 17.1 Å². The Kier molecular flexibility index (Phi) is 8.54. The normalized spacial score (nSPS) is 13.5. The molecule has 54 heavy (non-hydrogen) atoms. The number of rotatable bonds is 7. The third kappa shape index (κ3) is 5.88. The van der Waals surface area contributed by atoms with Crippen LogP contribution in [0.15, 0.2) is 182 Å². The van der Waals surface area contributed by atoms with E-state index in [4.69, 9.17) is 0 Å². The molecule has 1 nitrogen and oxygen atoms in total. The van der Waals surface area contributed by atoms with Crippen LogP contribution >= 0.6 is 11.3 Å². The van der Waals surface area contributed by atoms with Crippen molar-refractivity contribution >= 4 is 59.3 Å². The summed E-state index contributed by atoms with van der Waals surface area (Å²) in [6.45, 7) is 0. The topological polar surface area (TPSA) is 3.24 Å². The number of anilines is 3. The molecule has 0 unspecified atom stereocenters. The minimum atomic E-state index is 0.604. The maximum Gasteiger partial charge on any atom is 0.0555 e. The molecule has 0 saturated heterocycles. The summed E-state index contributed by atoms with van der Waals surface area (Å²) in [6, 6.07) is 67.4. The highest BCUT2D eigenvalue weighted by Crippen LogP contribution is 2.49. The first-order valence-corrected chi connectivity index (χ1v) is 20.2. The van der Waals surface area contributed by atoms with Gasteiger partial charge in [-0.05, 0) is 99.3 Å². The second-order valence-electron chi connectivity index (χ2n) is 14.7. The molecule has 0 radical (unpaired) electrons. The van der Waals surface area contributed by atoms with E-state index in [-0.39, 0.29) is 0 Å². The average molecular weight is 712 g/mol. The predicted octanol–water partition coefficient (Wildman–Crippen LogP) is 15.7. The van der Waals surface area contributed by atoms with Crippen LogP contribution in [0.1, 0.15) is 43.6 Å². The van der Waals surface area contributed by atoms with Gasteiger partial charge in [-0.1, -0.05) is 165 Å². The highest BCUT2D eigenvalue weighted by atomic mass is 32.1. The first-order chi connectivity index (χ1) is 26.8. The molecule has 10 rings (SSSR count). The molecule has 0 aliphatic heterocycles. The van der Waals surface area contributed by atoms with Crippen molar-refractivity contribution in [2.24, 2.45) is 0 Å². The maximum absolute atomic E-state index is 2.52. The first-order valence-electron chi connectivity index (χ1n) is 19.4. The molecule has 2 heteroatoms. The van der Waals surface area contributed by atoms with Crippen molar-refractivity contribution in [3.05, 3.63) is 188 Å². The highest BCUT2D eigenvalue weighted by molar-refractivity contribution is 7.26. The van der Waals surface area contributed by atoms with E-state index in [1.54, 1.807) is 0 Å². The Morgan fingerprint density at radius 1 is 0.407 bits per heavy atom. The number of para-hydroxylation sites is 1. The second-order valence-corrected chi connectivity index (χ2v) is 15.8. The van der Waals surface area contributed by atoms with Crippen LogP contribution in [-0.4, -0.2) is 0 Å². The van der Waals surface area contributed by atoms with Crippen molar-refractivity contribution in [2.75, 3.05) is 4.90 Å². The molecular formula is C52H41NS. The summed E-state index contributed by atoms with van der Waals surface area (Å²) in [4.78, 5) is 2.52. The second kappa shape index (κ2) is 14.1. The highest BCUT2D eigenvalue weighted by Gasteiger charge is 2.24. The van der Waals surface area contributed by atoms with Crippen LogP contribution in [0.2, 0.25) is 0 Å². The molecule has 0 atom stereocenters. The van der Waals surface area contributed by atoms with E-state index < -0.39 is 0 Å². The van der Waals surface area contributed by atoms with E-state index in [9.17, 15) is 0 Å². The van der Waals surface area contributed by atoms with Crippen molar-refractivity contribution in [3.8, 4) is 33.4 Å². The molecule has 1 fully saturated rings. The molecular weight excluding hydrogens is 671 g/mol. The van der Waals surface area contributed by atoms with Crippen molar-refractivity contribution in [1.82, 2.24) is 0 Å². The standard InChI is InChI=1S/C52H41NS/c1-3-14-36(15-4-1)37-28-30-38(31-29-37)39-32-34-42(35-33-39)53(48-25-13-27-50-52(48)46-21-8-10-26-49(46)54-50)47-24-9-7-20-44(47)45-23-12-19-41-18-11-22-43(51(41)45)40-16-5-2-6-17-40/h1,3-4,7-15,18-35,40H,2,5-6,16-17H2.